The number of nitrogen functional groups attached to an aromatic ring is 1. The first-order valence-corrected chi connectivity index (χ1v) is 3.56. The number of anilines is 1. The van der Waals surface area contributed by atoms with E-state index >= 15 is 0 Å². The molecule has 0 aromatic heterocycles. The monoisotopic (exact) mass is 164 g/mol. The van der Waals surface area contributed by atoms with Crippen LogP contribution in [-0.2, 0) is 0 Å². The van der Waals surface area contributed by atoms with Crippen molar-refractivity contribution in [3.05, 3.63) is 23.8 Å². The van der Waals surface area contributed by atoms with Crippen LogP contribution in [0.25, 0.3) is 0 Å². The first-order valence-electron chi connectivity index (χ1n) is 3.56. The predicted molar refractivity (Wildman–Crippen MR) is 51.1 cm³/mol. The summed E-state index contributed by atoms with van der Waals surface area (Å²) in [5, 5.41) is 0. The molecule has 1 rings (SSSR count). The van der Waals surface area contributed by atoms with Crippen molar-refractivity contribution in [1.29, 1.82) is 0 Å². The lowest BCUT2D eigenvalue weighted by Crippen LogP contribution is -2.22. The van der Waals surface area contributed by atoms with Gasteiger partial charge in [0.2, 0.25) is 0 Å². The molecule has 64 valence electrons. The van der Waals surface area contributed by atoms with Crippen molar-refractivity contribution in [1.82, 2.24) is 0 Å². The summed E-state index contributed by atoms with van der Waals surface area (Å²) < 4.78 is 0. The lowest BCUT2D eigenvalue weighted by molar-refractivity contribution is 1.36. The van der Waals surface area contributed by atoms with Gasteiger partial charge in [0.1, 0.15) is 0 Å². The van der Waals surface area contributed by atoms with Gasteiger partial charge in [-0.1, -0.05) is 6.07 Å². The van der Waals surface area contributed by atoms with Gasteiger partial charge < -0.3 is 17.2 Å². The summed E-state index contributed by atoms with van der Waals surface area (Å²) in [6, 6.07) is 5.43. The molecule has 0 heterocycles. The van der Waals surface area contributed by atoms with Crippen LogP contribution in [0.2, 0.25) is 0 Å². The minimum atomic E-state index is 0.0451. The molecule has 0 spiro atoms. The Balaban J connectivity index is 3.17. The largest absolute Gasteiger partial charge is 0.398 e. The number of benzene rings is 1. The fourth-order valence-electron chi connectivity index (χ4n) is 0.901. The van der Waals surface area contributed by atoms with Crippen molar-refractivity contribution in [2.45, 2.75) is 6.92 Å². The van der Waals surface area contributed by atoms with Crippen molar-refractivity contribution in [3.63, 3.8) is 0 Å². The first kappa shape index (κ1) is 8.39. The standard InChI is InChI=1S/C8H12N4/c1-5-6(9)3-2-4-7(5)12-8(10)11/h2-4H,9H2,1H3,(H4,10,11,12). The Kier molecular flexibility index (Phi) is 2.19. The summed E-state index contributed by atoms with van der Waals surface area (Å²) in [6.07, 6.45) is 0. The highest BCUT2D eigenvalue weighted by atomic mass is 15.0. The van der Waals surface area contributed by atoms with Crippen LogP contribution >= 0.6 is 0 Å². The second-order valence-corrected chi connectivity index (χ2v) is 2.53. The van der Waals surface area contributed by atoms with Crippen LogP contribution in [0, 0.1) is 6.92 Å². The lowest BCUT2D eigenvalue weighted by atomic mass is 10.2. The molecule has 4 heteroatoms. The van der Waals surface area contributed by atoms with E-state index in [1.165, 1.54) is 0 Å². The van der Waals surface area contributed by atoms with Crippen LogP contribution in [-0.4, -0.2) is 5.96 Å². The van der Waals surface area contributed by atoms with Crippen LogP contribution in [0.5, 0.6) is 0 Å². The highest BCUT2D eigenvalue weighted by Gasteiger charge is 1.98. The minimum Gasteiger partial charge on any atom is -0.398 e. The van der Waals surface area contributed by atoms with Crippen molar-refractivity contribution in [2.24, 2.45) is 16.5 Å². The minimum absolute atomic E-state index is 0.0451. The number of rotatable bonds is 1. The molecule has 0 bridgehead atoms. The zero-order valence-corrected chi connectivity index (χ0v) is 6.91. The maximum atomic E-state index is 5.65. The van der Waals surface area contributed by atoms with Crippen LogP contribution in [0.1, 0.15) is 5.56 Å². The van der Waals surface area contributed by atoms with E-state index in [0.717, 1.165) is 11.3 Å². The fraction of sp³-hybridized carbons (Fsp3) is 0.125. The Hall–Kier alpha value is -1.71. The van der Waals surface area contributed by atoms with Crippen molar-refractivity contribution >= 4 is 17.3 Å². The molecular formula is C8H12N4. The number of aliphatic imine (C=N–C) groups is 1. The SMILES string of the molecule is Cc1c(N)cccc1N=C(N)N. The van der Waals surface area contributed by atoms with Crippen molar-refractivity contribution in [3.8, 4) is 0 Å². The summed E-state index contributed by atoms with van der Waals surface area (Å²) >= 11 is 0. The van der Waals surface area contributed by atoms with Gasteiger partial charge in [-0.25, -0.2) is 4.99 Å². The highest BCUT2D eigenvalue weighted by Crippen LogP contribution is 2.22. The Labute approximate surface area is 71.1 Å². The molecular weight excluding hydrogens is 152 g/mol. The second-order valence-electron chi connectivity index (χ2n) is 2.53. The molecule has 0 unspecified atom stereocenters. The molecule has 0 saturated heterocycles. The zero-order chi connectivity index (χ0) is 9.14. The van der Waals surface area contributed by atoms with Gasteiger partial charge in [-0.05, 0) is 24.6 Å². The number of nitrogens with two attached hydrogens (primary N) is 3. The van der Waals surface area contributed by atoms with Gasteiger partial charge in [0.25, 0.3) is 0 Å². The van der Waals surface area contributed by atoms with Gasteiger partial charge in [0.15, 0.2) is 5.96 Å². The fourth-order valence-corrected chi connectivity index (χ4v) is 0.901. The maximum absolute atomic E-state index is 5.65. The number of hydrogen-bond donors (Lipinski definition) is 3. The Bertz CT molecular complexity index is 313. The first-order chi connectivity index (χ1) is 5.61. The van der Waals surface area contributed by atoms with E-state index in [1.54, 1.807) is 6.07 Å². The van der Waals surface area contributed by atoms with E-state index in [-0.39, 0.29) is 5.96 Å². The third-order valence-electron chi connectivity index (χ3n) is 1.60. The molecule has 6 N–H and O–H groups in total. The normalized spacial score (nSPS) is 9.42. The molecule has 0 radical (unpaired) electrons. The van der Waals surface area contributed by atoms with E-state index in [1.807, 2.05) is 19.1 Å². The van der Waals surface area contributed by atoms with Crippen molar-refractivity contribution in [2.75, 3.05) is 5.73 Å². The van der Waals surface area contributed by atoms with E-state index in [2.05, 4.69) is 4.99 Å². The molecule has 0 aliphatic rings. The summed E-state index contributed by atoms with van der Waals surface area (Å²) in [6.45, 7) is 1.87. The van der Waals surface area contributed by atoms with Crippen LogP contribution in [0.3, 0.4) is 0 Å². The summed E-state index contributed by atoms with van der Waals surface area (Å²) in [5.41, 5.74) is 18.4. The second kappa shape index (κ2) is 3.13. The van der Waals surface area contributed by atoms with E-state index in [4.69, 9.17) is 17.2 Å². The number of hydrogen-bond acceptors (Lipinski definition) is 2. The Morgan fingerprint density at radius 1 is 1.33 bits per heavy atom. The zero-order valence-electron chi connectivity index (χ0n) is 6.91. The van der Waals surface area contributed by atoms with Crippen LogP contribution in [0.4, 0.5) is 11.4 Å². The van der Waals surface area contributed by atoms with E-state index < -0.39 is 0 Å². The van der Waals surface area contributed by atoms with Crippen molar-refractivity contribution < 1.29 is 0 Å². The molecule has 0 fully saturated rings. The molecule has 1 aromatic carbocycles. The maximum Gasteiger partial charge on any atom is 0.191 e. The van der Waals surface area contributed by atoms with Gasteiger partial charge >= 0.3 is 0 Å². The number of guanidine groups is 1. The molecule has 0 aliphatic carbocycles. The third-order valence-corrected chi connectivity index (χ3v) is 1.60. The predicted octanol–water partition coefficient (Wildman–Crippen LogP) is 0.482. The molecule has 0 amide bonds. The van der Waals surface area contributed by atoms with Crippen LogP contribution < -0.4 is 17.2 Å². The molecule has 12 heavy (non-hydrogen) atoms. The molecule has 0 aliphatic heterocycles. The average Bonchev–Trinajstić information content (AvgIpc) is 1.98. The molecule has 1 aromatic rings. The third kappa shape index (κ3) is 1.66. The van der Waals surface area contributed by atoms with E-state index in [0.29, 0.717) is 5.69 Å². The smallest absolute Gasteiger partial charge is 0.191 e. The van der Waals surface area contributed by atoms with Crippen LogP contribution in [0.15, 0.2) is 23.2 Å². The quantitative estimate of drug-likeness (QED) is 0.320. The van der Waals surface area contributed by atoms with Gasteiger partial charge in [-0.2, -0.15) is 0 Å². The van der Waals surface area contributed by atoms with E-state index in [9.17, 15) is 0 Å². The van der Waals surface area contributed by atoms with Gasteiger partial charge in [-0.15, -0.1) is 0 Å². The average molecular weight is 164 g/mol. The Morgan fingerprint density at radius 3 is 2.58 bits per heavy atom. The van der Waals surface area contributed by atoms with Gasteiger partial charge in [0, 0.05) is 5.69 Å². The molecule has 0 atom stereocenters. The summed E-state index contributed by atoms with van der Waals surface area (Å²) in [4.78, 5) is 3.91. The Morgan fingerprint density at radius 2 is 2.00 bits per heavy atom. The topological polar surface area (TPSA) is 90.4 Å². The highest BCUT2D eigenvalue weighted by molar-refractivity contribution is 5.80. The van der Waals surface area contributed by atoms with Gasteiger partial charge in [0.05, 0.1) is 5.69 Å². The molecule has 0 saturated carbocycles. The molecule has 4 nitrogen and oxygen atoms in total. The summed E-state index contributed by atoms with van der Waals surface area (Å²) in [5.74, 6) is 0.0451. The lowest BCUT2D eigenvalue weighted by Gasteiger charge is -2.02. The summed E-state index contributed by atoms with van der Waals surface area (Å²) in [7, 11) is 0. The van der Waals surface area contributed by atoms with Gasteiger partial charge in [-0.3, -0.25) is 0 Å². The number of nitrogens with zero attached hydrogens (tertiary/aromatic N) is 1.